The Balaban J connectivity index is 1.92. The number of nitrogens with zero attached hydrogens (tertiary/aromatic N) is 2. The Hall–Kier alpha value is -2.11. The van der Waals surface area contributed by atoms with Crippen LogP contribution in [-0.4, -0.2) is 40.9 Å². The van der Waals surface area contributed by atoms with Gasteiger partial charge in [-0.3, -0.25) is 14.4 Å². The van der Waals surface area contributed by atoms with E-state index >= 15 is 0 Å². The number of rotatable bonds is 3. The Labute approximate surface area is 111 Å². The Morgan fingerprint density at radius 2 is 2.16 bits per heavy atom. The summed E-state index contributed by atoms with van der Waals surface area (Å²) in [4.78, 5) is 36.4. The van der Waals surface area contributed by atoms with Crippen LogP contribution in [0.15, 0.2) is 29.2 Å². The minimum atomic E-state index is -0.122. The molecule has 1 fully saturated rings. The van der Waals surface area contributed by atoms with E-state index in [1.807, 2.05) is 0 Å². The summed E-state index contributed by atoms with van der Waals surface area (Å²) < 4.78 is 1.50. The molecule has 0 atom stereocenters. The summed E-state index contributed by atoms with van der Waals surface area (Å²) in [6.45, 7) is 1.65. The molecule has 0 radical (unpaired) electrons. The van der Waals surface area contributed by atoms with Gasteiger partial charge in [0, 0.05) is 38.3 Å². The summed E-state index contributed by atoms with van der Waals surface area (Å²) in [5.41, 5.74) is -0.121. The van der Waals surface area contributed by atoms with Crippen LogP contribution in [0.5, 0.6) is 0 Å². The van der Waals surface area contributed by atoms with E-state index in [1.54, 1.807) is 23.2 Å². The van der Waals surface area contributed by atoms with Crippen molar-refractivity contribution in [3.63, 3.8) is 0 Å². The third kappa shape index (κ3) is 3.67. The second-order valence-corrected chi connectivity index (χ2v) is 4.50. The second kappa shape index (κ2) is 6.17. The van der Waals surface area contributed by atoms with Crippen molar-refractivity contribution < 1.29 is 9.59 Å². The maximum absolute atomic E-state index is 12.0. The van der Waals surface area contributed by atoms with E-state index in [4.69, 9.17) is 0 Å². The maximum Gasteiger partial charge on any atom is 0.250 e. The van der Waals surface area contributed by atoms with E-state index in [2.05, 4.69) is 5.32 Å². The van der Waals surface area contributed by atoms with Crippen LogP contribution in [0, 0.1) is 0 Å². The largest absolute Gasteiger partial charge is 0.354 e. The van der Waals surface area contributed by atoms with E-state index in [0.717, 1.165) is 6.42 Å². The molecule has 0 unspecified atom stereocenters. The molecular formula is C13H17N3O3. The van der Waals surface area contributed by atoms with Crippen molar-refractivity contribution in [2.45, 2.75) is 19.4 Å². The third-order valence-electron chi connectivity index (χ3n) is 3.08. The first-order chi connectivity index (χ1) is 9.16. The van der Waals surface area contributed by atoms with Crippen molar-refractivity contribution in [2.75, 3.05) is 19.6 Å². The molecule has 0 spiro atoms. The first-order valence-electron chi connectivity index (χ1n) is 6.37. The molecule has 2 amide bonds. The first kappa shape index (κ1) is 13.3. The molecule has 0 aliphatic carbocycles. The Morgan fingerprint density at radius 3 is 2.95 bits per heavy atom. The predicted octanol–water partition coefficient (Wildman–Crippen LogP) is -0.413. The topological polar surface area (TPSA) is 71.4 Å². The molecule has 0 saturated carbocycles. The number of nitrogens with one attached hydrogen (secondary N) is 1. The highest BCUT2D eigenvalue weighted by molar-refractivity contribution is 5.85. The summed E-state index contributed by atoms with van der Waals surface area (Å²) in [5.74, 6) is -0.212. The van der Waals surface area contributed by atoms with E-state index in [1.165, 1.54) is 10.6 Å². The lowest BCUT2D eigenvalue weighted by Crippen LogP contribution is -2.38. The van der Waals surface area contributed by atoms with E-state index < -0.39 is 0 Å². The molecule has 1 saturated heterocycles. The van der Waals surface area contributed by atoms with Crippen molar-refractivity contribution >= 4 is 11.8 Å². The Kier molecular flexibility index (Phi) is 4.33. The van der Waals surface area contributed by atoms with Crippen molar-refractivity contribution in [1.82, 2.24) is 14.8 Å². The molecule has 2 rings (SSSR count). The van der Waals surface area contributed by atoms with Crippen LogP contribution < -0.4 is 10.9 Å². The summed E-state index contributed by atoms with van der Waals surface area (Å²) in [6.07, 6.45) is 2.66. The molecular weight excluding hydrogens is 246 g/mol. The summed E-state index contributed by atoms with van der Waals surface area (Å²) in [6, 6.07) is 4.88. The van der Waals surface area contributed by atoms with Crippen LogP contribution in [0.25, 0.3) is 0 Å². The van der Waals surface area contributed by atoms with Gasteiger partial charge in [0.1, 0.15) is 0 Å². The molecule has 6 heteroatoms. The quantitative estimate of drug-likeness (QED) is 0.805. The van der Waals surface area contributed by atoms with Gasteiger partial charge < -0.3 is 14.8 Å². The van der Waals surface area contributed by atoms with Crippen LogP contribution in [-0.2, 0) is 16.1 Å². The number of aromatic nitrogens is 1. The van der Waals surface area contributed by atoms with E-state index in [-0.39, 0.29) is 30.3 Å². The van der Waals surface area contributed by atoms with Crippen LogP contribution in [0.1, 0.15) is 12.8 Å². The summed E-state index contributed by atoms with van der Waals surface area (Å²) >= 11 is 0. The van der Waals surface area contributed by atoms with Gasteiger partial charge in [0.2, 0.25) is 11.8 Å². The first-order valence-corrected chi connectivity index (χ1v) is 6.37. The monoisotopic (exact) mass is 263 g/mol. The fourth-order valence-corrected chi connectivity index (χ4v) is 2.04. The van der Waals surface area contributed by atoms with E-state index in [0.29, 0.717) is 19.6 Å². The normalized spacial score (nSPS) is 15.8. The molecule has 0 aromatic carbocycles. The molecule has 1 aliphatic heterocycles. The van der Waals surface area contributed by atoms with Gasteiger partial charge in [-0.2, -0.15) is 0 Å². The van der Waals surface area contributed by atoms with Gasteiger partial charge >= 0.3 is 0 Å². The van der Waals surface area contributed by atoms with Crippen molar-refractivity contribution in [2.24, 2.45) is 0 Å². The van der Waals surface area contributed by atoms with Crippen molar-refractivity contribution in [3.05, 3.63) is 34.7 Å². The van der Waals surface area contributed by atoms with Crippen molar-refractivity contribution in [3.8, 4) is 0 Å². The number of hydrogen-bond acceptors (Lipinski definition) is 3. The smallest absolute Gasteiger partial charge is 0.250 e. The fraction of sp³-hybridized carbons (Fsp3) is 0.462. The highest BCUT2D eigenvalue weighted by Gasteiger charge is 2.19. The van der Waals surface area contributed by atoms with Gasteiger partial charge in [-0.25, -0.2) is 0 Å². The Morgan fingerprint density at radius 1 is 1.32 bits per heavy atom. The molecule has 1 aromatic heterocycles. The van der Waals surface area contributed by atoms with Crippen LogP contribution in [0.2, 0.25) is 0 Å². The molecule has 1 aliphatic rings. The molecule has 2 heterocycles. The highest BCUT2D eigenvalue weighted by Crippen LogP contribution is 2.01. The number of carbonyl (C=O) groups excluding carboxylic acids is 2. The second-order valence-electron chi connectivity index (χ2n) is 4.50. The standard InChI is InChI=1S/C13H17N3O3/c17-11-10-16(8-3-6-14-11)13(19)5-9-15-7-2-1-4-12(15)18/h1-2,4,7H,3,5-6,8-10H2,(H,14,17). The van der Waals surface area contributed by atoms with E-state index in [9.17, 15) is 14.4 Å². The van der Waals surface area contributed by atoms with Crippen LogP contribution >= 0.6 is 0 Å². The molecule has 102 valence electrons. The highest BCUT2D eigenvalue weighted by atomic mass is 16.2. The molecule has 6 nitrogen and oxygen atoms in total. The minimum Gasteiger partial charge on any atom is -0.354 e. The molecule has 19 heavy (non-hydrogen) atoms. The zero-order chi connectivity index (χ0) is 13.7. The zero-order valence-electron chi connectivity index (χ0n) is 10.7. The van der Waals surface area contributed by atoms with Crippen LogP contribution in [0.4, 0.5) is 0 Å². The third-order valence-corrected chi connectivity index (χ3v) is 3.08. The lowest BCUT2D eigenvalue weighted by Gasteiger charge is -2.19. The lowest BCUT2D eigenvalue weighted by atomic mass is 10.3. The number of carbonyl (C=O) groups is 2. The number of aryl methyl sites for hydroxylation is 1. The number of amides is 2. The summed E-state index contributed by atoms with van der Waals surface area (Å²) in [5, 5.41) is 2.72. The van der Waals surface area contributed by atoms with Gasteiger partial charge in [-0.05, 0) is 12.5 Å². The van der Waals surface area contributed by atoms with Gasteiger partial charge in [0.05, 0.1) is 6.54 Å². The van der Waals surface area contributed by atoms with Crippen LogP contribution in [0.3, 0.4) is 0 Å². The average Bonchev–Trinajstić information content (AvgIpc) is 2.62. The lowest BCUT2D eigenvalue weighted by molar-refractivity contribution is -0.135. The summed E-state index contributed by atoms with van der Waals surface area (Å²) in [7, 11) is 0. The number of hydrogen-bond donors (Lipinski definition) is 1. The maximum atomic E-state index is 12.0. The predicted molar refractivity (Wildman–Crippen MR) is 69.5 cm³/mol. The van der Waals surface area contributed by atoms with Gasteiger partial charge in [-0.15, -0.1) is 0 Å². The van der Waals surface area contributed by atoms with Gasteiger partial charge in [0.25, 0.3) is 5.56 Å². The number of pyridine rings is 1. The Bertz CT molecular complexity index is 524. The minimum absolute atomic E-state index is 0.0900. The van der Waals surface area contributed by atoms with Gasteiger partial charge in [0.15, 0.2) is 0 Å². The zero-order valence-corrected chi connectivity index (χ0v) is 10.7. The fourth-order valence-electron chi connectivity index (χ4n) is 2.04. The van der Waals surface area contributed by atoms with Crippen molar-refractivity contribution in [1.29, 1.82) is 0 Å². The molecule has 0 bridgehead atoms. The van der Waals surface area contributed by atoms with Gasteiger partial charge in [-0.1, -0.05) is 6.07 Å². The average molecular weight is 263 g/mol. The molecule has 1 aromatic rings. The molecule has 1 N–H and O–H groups in total. The SMILES string of the molecule is O=C1CN(C(=O)CCn2ccccc2=O)CCCN1.